The van der Waals surface area contributed by atoms with Crippen LogP contribution in [0.25, 0.3) is 0 Å². The van der Waals surface area contributed by atoms with Gasteiger partial charge in [-0.2, -0.15) is 23.5 Å². The van der Waals surface area contributed by atoms with Crippen LogP contribution in [-0.4, -0.2) is 40.9 Å². The fourth-order valence-electron chi connectivity index (χ4n) is 3.63. The monoisotopic (exact) mass is 483 g/mol. The van der Waals surface area contributed by atoms with Gasteiger partial charge in [-0.15, -0.1) is 0 Å². The van der Waals surface area contributed by atoms with Crippen molar-refractivity contribution in [3.63, 3.8) is 0 Å². The van der Waals surface area contributed by atoms with Crippen molar-refractivity contribution in [2.45, 2.75) is 25.7 Å². The number of nitriles is 1. The van der Waals surface area contributed by atoms with E-state index in [4.69, 9.17) is 10.00 Å². The molecule has 0 bridgehead atoms. The number of amides is 2. The molecule has 0 unspecified atom stereocenters. The van der Waals surface area contributed by atoms with Gasteiger partial charge in [0.05, 0.1) is 49.6 Å². The van der Waals surface area contributed by atoms with Crippen LogP contribution in [0.1, 0.15) is 38.4 Å². The third kappa shape index (κ3) is 5.67. The summed E-state index contributed by atoms with van der Waals surface area (Å²) in [7, 11) is 0. The molecule has 1 aliphatic heterocycles. The number of hydrogen-bond acceptors (Lipinski definition) is 5. The van der Waals surface area contributed by atoms with Gasteiger partial charge in [-0.05, 0) is 35.9 Å². The number of benzene rings is 2. The molecule has 35 heavy (non-hydrogen) atoms. The van der Waals surface area contributed by atoms with E-state index in [9.17, 15) is 22.8 Å². The second-order valence-corrected chi connectivity index (χ2v) is 7.82. The number of hydrogen-bond donors (Lipinski definition) is 1. The maximum atomic E-state index is 13.3. The van der Waals surface area contributed by atoms with Crippen molar-refractivity contribution in [1.29, 1.82) is 5.26 Å². The summed E-state index contributed by atoms with van der Waals surface area (Å²) in [5.41, 5.74) is 2.31. The molecule has 1 N–H and O–H groups in total. The fraction of sp³-hybridized carbons (Fsp3) is 0.250. The van der Waals surface area contributed by atoms with Crippen LogP contribution in [0.4, 0.5) is 24.5 Å². The lowest BCUT2D eigenvalue weighted by Crippen LogP contribution is -2.41. The van der Waals surface area contributed by atoms with Gasteiger partial charge in [0.1, 0.15) is 5.69 Å². The Labute approximate surface area is 198 Å². The Kier molecular flexibility index (Phi) is 6.84. The first-order valence-corrected chi connectivity index (χ1v) is 10.7. The predicted molar refractivity (Wildman–Crippen MR) is 120 cm³/mol. The number of nitrogens with one attached hydrogen (secondary N) is 1. The van der Waals surface area contributed by atoms with E-state index in [1.807, 2.05) is 6.07 Å². The van der Waals surface area contributed by atoms with E-state index in [-0.39, 0.29) is 17.9 Å². The molecule has 0 fully saturated rings. The zero-order valence-corrected chi connectivity index (χ0v) is 18.4. The zero-order chi connectivity index (χ0) is 25.0. The number of carbonyl (C=O) groups excluding carboxylic acids is 2. The zero-order valence-electron chi connectivity index (χ0n) is 18.4. The second kappa shape index (κ2) is 9.99. The molecule has 2 heterocycles. The van der Waals surface area contributed by atoms with Crippen molar-refractivity contribution in [2.75, 3.05) is 23.4 Å². The molecule has 0 saturated carbocycles. The maximum absolute atomic E-state index is 13.3. The quantitative estimate of drug-likeness (QED) is 0.510. The van der Waals surface area contributed by atoms with Gasteiger partial charge in [-0.1, -0.05) is 18.2 Å². The normalized spacial score (nSPS) is 13.3. The summed E-state index contributed by atoms with van der Waals surface area (Å²) in [6.45, 7) is 0.306. The van der Waals surface area contributed by atoms with E-state index in [1.165, 1.54) is 21.8 Å². The molecule has 0 atom stereocenters. The summed E-state index contributed by atoms with van der Waals surface area (Å²) < 4.78 is 43.2. The smallest absolute Gasteiger partial charge is 0.376 e. The summed E-state index contributed by atoms with van der Waals surface area (Å²) in [5.74, 6) is -0.929. The van der Waals surface area contributed by atoms with Gasteiger partial charge in [-0.25, -0.2) is 0 Å². The van der Waals surface area contributed by atoms with E-state index in [0.29, 0.717) is 35.6 Å². The van der Waals surface area contributed by atoms with Crippen molar-refractivity contribution in [3.8, 4) is 6.07 Å². The minimum absolute atomic E-state index is 0.0222. The highest BCUT2D eigenvalue weighted by molar-refractivity contribution is 6.15. The van der Waals surface area contributed by atoms with Crippen molar-refractivity contribution >= 4 is 23.2 Å². The van der Waals surface area contributed by atoms with Gasteiger partial charge in [-0.3, -0.25) is 14.3 Å². The second-order valence-electron chi connectivity index (χ2n) is 7.82. The van der Waals surface area contributed by atoms with Gasteiger partial charge in [0.2, 0.25) is 0 Å². The molecule has 2 aromatic carbocycles. The average Bonchev–Trinajstić information content (AvgIpc) is 3.27. The standard InChI is InChI=1S/C24H20F3N5O3/c25-24(26,27)8-11-35-15-16-4-6-19(7-5-16)31-9-10-32-21(23(31)34)20(14-29-32)22(33)30-18-3-1-2-17(12-18)13-28/h1-7,12,14H,8-11,15H2,(H,30,33). The molecule has 1 aromatic heterocycles. The van der Waals surface area contributed by atoms with Crippen molar-refractivity contribution in [1.82, 2.24) is 9.78 Å². The molecule has 4 rings (SSSR count). The minimum Gasteiger partial charge on any atom is -0.376 e. The first kappa shape index (κ1) is 24.0. The Morgan fingerprint density at radius 2 is 1.94 bits per heavy atom. The first-order chi connectivity index (χ1) is 16.7. The lowest BCUT2D eigenvalue weighted by atomic mass is 10.1. The largest absolute Gasteiger partial charge is 0.391 e. The Morgan fingerprint density at radius 1 is 1.17 bits per heavy atom. The molecule has 180 valence electrons. The summed E-state index contributed by atoms with van der Waals surface area (Å²) >= 11 is 0. The number of fused-ring (bicyclic) bond motifs is 1. The molecular formula is C24H20F3N5O3. The van der Waals surface area contributed by atoms with Crippen LogP contribution >= 0.6 is 0 Å². The molecule has 0 aliphatic carbocycles. The fourth-order valence-corrected chi connectivity index (χ4v) is 3.63. The maximum Gasteiger partial charge on any atom is 0.391 e. The van der Waals surface area contributed by atoms with E-state index in [0.717, 1.165) is 0 Å². The molecule has 0 spiro atoms. The van der Waals surface area contributed by atoms with Gasteiger partial charge in [0.25, 0.3) is 11.8 Å². The first-order valence-electron chi connectivity index (χ1n) is 10.7. The van der Waals surface area contributed by atoms with Crippen LogP contribution in [0, 0.1) is 11.3 Å². The minimum atomic E-state index is -4.26. The summed E-state index contributed by atoms with van der Waals surface area (Å²) in [5, 5.41) is 15.9. The number of ether oxygens (including phenoxy) is 1. The van der Waals surface area contributed by atoms with Crippen LogP contribution < -0.4 is 10.2 Å². The highest BCUT2D eigenvalue weighted by Crippen LogP contribution is 2.25. The van der Waals surface area contributed by atoms with Crippen molar-refractivity contribution in [3.05, 3.63) is 77.1 Å². The number of alkyl halides is 3. The number of carbonyl (C=O) groups is 2. The lowest BCUT2D eigenvalue weighted by molar-refractivity contribution is -0.146. The van der Waals surface area contributed by atoms with Gasteiger partial charge >= 0.3 is 6.18 Å². The van der Waals surface area contributed by atoms with Crippen molar-refractivity contribution < 1.29 is 27.5 Å². The molecule has 0 saturated heterocycles. The molecule has 3 aromatic rings. The van der Waals surface area contributed by atoms with Gasteiger partial charge in [0.15, 0.2) is 0 Å². The van der Waals surface area contributed by atoms with Gasteiger partial charge < -0.3 is 15.0 Å². The summed E-state index contributed by atoms with van der Waals surface area (Å²) in [6.07, 6.45) is -3.94. The number of anilines is 2. The molecule has 8 nitrogen and oxygen atoms in total. The van der Waals surface area contributed by atoms with E-state index in [2.05, 4.69) is 10.4 Å². The number of nitrogens with zero attached hydrogens (tertiary/aromatic N) is 4. The molecular weight excluding hydrogens is 463 g/mol. The van der Waals surface area contributed by atoms with E-state index >= 15 is 0 Å². The Bertz CT molecular complexity index is 1280. The topological polar surface area (TPSA) is 100 Å². The van der Waals surface area contributed by atoms with E-state index < -0.39 is 31.0 Å². The Morgan fingerprint density at radius 3 is 2.66 bits per heavy atom. The predicted octanol–water partition coefficient (Wildman–Crippen LogP) is 4.14. The third-order valence-electron chi connectivity index (χ3n) is 5.36. The van der Waals surface area contributed by atoms with Crippen LogP contribution in [0.3, 0.4) is 0 Å². The highest BCUT2D eigenvalue weighted by atomic mass is 19.4. The van der Waals surface area contributed by atoms with Crippen LogP contribution in [-0.2, 0) is 17.9 Å². The Hall–Kier alpha value is -4.17. The number of halogens is 3. The summed E-state index contributed by atoms with van der Waals surface area (Å²) in [6, 6.07) is 15.1. The average molecular weight is 483 g/mol. The summed E-state index contributed by atoms with van der Waals surface area (Å²) in [4.78, 5) is 27.6. The molecule has 11 heteroatoms. The van der Waals surface area contributed by atoms with Crippen LogP contribution in [0.5, 0.6) is 0 Å². The lowest BCUT2D eigenvalue weighted by Gasteiger charge is -2.28. The molecule has 2 amide bonds. The number of rotatable bonds is 7. The van der Waals surface area contributed by atoms with Crippen LogP contribution in [0.15, 0.2) is 54.7 Å². The molecule has 0 radical (unpaired) electrons. The third-order valence-corrected chi connectivity index (χ3v) is 5.36. The van der Waals surface area contributed by atoms with Crippen molar-refractivity contribution in [2.24, 2.45) is 0 Å². The highest BCUT2D eigenvalue weighted by Gasteiger charge is 2.32. The molecule has 1 aliphatic rings. The SMILES string of the molecule is N#Cc1cccc(NC(=O)c2cnn3c2C(=O)N(c2ccc(COCCC(F)(F)F)cc2)CC3)c1. The van der Waals surface area contributed by atoms with Gasteiger partial charge in [0, 0.05) is 17.9 Å². The van der Waals surface area contributed by atoms with E-state index in [1.54, 1.807) is 42.5 Å². The Balaban J connectivity index is 1.45. The number of aromatic nitrogens is 2. The van der Waals surface area contributed by atoms with Crippen LogP contribution in [0.2, 0.25) is 0 Å².